The number of halogens is 1. The van der Waals surface area contributed by atoms with Crippen molar-refractivity contribution in [1.29, 1.82) is 0 Å². The van der Waals surface area contributed by atoms with Gasteiger partial charge >= 0.3 is 0 Å². The predicted octanol–water partition coefficient (Wildman–Crippen LogP) is 2.06. The van der Waals surface area contributed by atoms with Gasteiger partial charge in [-0.1, -0.05) is 0 Å². The molecule has 0 saturated heterocycles. The van der Waals surface area contributed by atoms with Crippen LogP contribution < -0.4 is 4.72 Å². The van der Waals surface area contributed by atoms with Crippen molar-refractivity contribution in [3.05, 3.63) is 29.1 Å². The van der Waals surface area contributed by atoms with Crippen LogP contribution in [0.1, 0.15) is 25.0 Å². The summed E-state index contributed by atoms with van der Waals surface area (Å²) in [5.74, 6) is -0.424. The first-order valence-corrected chi connectivity index (χ1v) is 7.89. The molecule has 0 bridgehead atoms. The van der Waals surface area contributed by atoms with Crippen LogP contribution in [0, 0.1) is 19.7 Å². The van der Waals surface area contributed by atoms with E-state index in [2.05, 4.69) is 4.72 Å². The Bertz CT molecular complexity index is 572. The fourth-order valence-electron chi connectivity index (χ4n) is 1.82. The molecule has 0 amide bonds. The molecule has 0 aromatic heterocycles. The lowest BCUT2D eigenvalue weighted by Crippen LogP contribution is -2.48. The Morgan fingerprint density at radius 2 is 1.65 bits per heavy atom. The number of benzene rings is 1. The second-order valence-electron chi connectivity index (χ2n) is 5.90. The quantitative estimate of drug-likeness (QED) is 0.906. The molecule has 0 aliphatic rings. The summed E-state index contributed by atoms with van der Waals surface area (Å²) in [4.78, 5) is 2.10. The van der Waals surface area contributed by atoms with Crippen molar-refractivity contribution in [2.24, 2.45) is 0 Å². The zero-order valence-corrected chi connectivity index (χ0v) is 13.7. The van der Waals surface area contributed by atoms with Gasteiger partial charge in [0.05, 0.1) is 4.90 Å². The Kier molecular flexibility index (Phi) is 4.94. The molecule has 6 heteroatoms. The number of sulfonamides is 1. The second kappa shape index (κ2) is 5.79. The van der Waals surface area contributed by atoms with Crippen molar-refractivity contribution in [3.63, 3.8) is 0 Å². The number of hydrogen-bond donors (Lipinski definition) is 1. The van der Waals surface area contributed by atoms with Crippen LogP contribution in [0.3, 0.4) is 0 Å². The molecule has 0 heterocycles. The van der Waals surface area contributed by atoms with Gasteiger partial charge in [0.15, 0.2) is 0 Å². The van der Waals surface area contributed by atoms with Gasteiger partial charge in [-0.3, -0.25) is 0 Å². The molecular weight excluding hydrogens is 279 g/mol. The highest BCUT2D eigenvalue weighted by atomic mass is 32.2. The first-order chi connectivity index (χ1) is 8.97. The topological polar surface area (TPSA) is 49.4 Å². The lowest BCUT2D eigenvalue weighted by molar-refractivity contribution is 0.199. The smallest absolute Gasteiger partial charge is 0.241 e. The van der Waals surface area contributed by atoms with Crippen molar-refractivity contribution in [1.82, 2.24) is 9.62 Å². The van der Waals surface area contributed by atoms with Gasteiger partial charge in [-0.15, -0.1) is 0 Å². The molecule has 1 N–H and O–H groups in total. The van der Waals surface area contributed by atoms with Crippen molar-refractivity contribution in [2.75, 3.05) is 20.6 Å². The van der Waals surface area contributed by atoms with Gasteiger partial charge in [0, 0.05) is 12.1 Å². The Hall–Kier alpha value is -0.980. The fourth-order valence-corrected chi connectivity index (χ4v) is 3.48. The molecule has 0 atom stereocenters. The SMILES string of the molecule is Cc1cc(F)cc(C)c1S(=O)(=O)NCC(C)(C)N(C)C. The zero-order valence-electron chi connectivity index (χ0n) is 12.9. The molecule has 4 nitrogen and oxygen atoms in total. The molecule has 0 unspecified atom stereocenters. The number of nitrogens with one attached hydrogen (secondary N) is 1. The van der Waals surface area contributed by atoms with E-state index in [1.165, 1.54) is 12.1 Å². The van der Waals surface area contributed by atoms with Crippen molar-refractivity contribution in [3.8, 4) is 0 Å². The minimum Gasteiger partial charge on any atom is -0.303 e. The summed E-state index contributed by atoms with van der Waals surface area (Å²) in [6.45, 7) is 7.36. The first-order valence-electron chi connectivity index (χ1n) is 6.41. The normalized spacial score (nSPS) is 13.0. The van der Waals surface area contributed by atoms with E-state index < -0.39 is 15.8 Å². The van der Waals surface area contributed by atoms with Gasteiger partial charge in [-0.05, 0) is 65.0 Å². The maximum Gasteiger partial charge on any atom is 0.241 e. The van der Waals surface area contributed by atoms with E-state index >= 15 is 0 Å². The highest BCUT2D eigenvalue weighted by Crippen LogP contribution is 2.21. The number of rotatable bonds is 5. The Balaban J connectivity index is 3.08. The summed E-state index contributed by atoms with van der Waals surface area (Å²) in [5.41, 5.74) is 0.518. The van der Waals surface area contributed by atoms with E-state index in [1.54, 1.807) is 13.8 Å². The summed E-state index contributed by atoms with van der Waals surface area (Å²) in [7, 11) is 0.135. The molecule has 114 valence electrons. The maximum atomic E-state index is 13.3. The highest BCUT2D eigenvalue weighted by molar-refractivity contribution is 7.89. The summed E-state index contributed by atoms with van der Waals surface area (Å²) in [5, 5.41) is 0. The minimum atomic E-state index is -3.65. The van der Waals surface area contributed by atoms with Crippen LogP contribution in [0.5, 0.6) is 0 Å². The minimum absolute atomic E-state index is 0.161. The lowest BCUT2D eigenvalue weighted by atomic mass is 10.1. The molecule has 0 spiro atoms. The summed E-state index contributed by atoms with van der Waals surface area (Å²) < 4.78 is 40.7. The molecule has 0 saturated carbocycles. The molecule has 0 radical (unpaired) electrons. The van der Waals surface area contributed by atoms with Crippen LogP contribution in [0.25, 0.3) is 0 Å². The standard InChI is InChI=1S/C14H23FN2O2S/c1-10-7-12(15)8-11(2)13(10)20(18,19)16-9-14(3,4)17(5)6/h7-8,16H,9H2,1-6H3. The molecule has 0 aliphatic heterocycles. The van der Waals surface area contributed by atoms with Gasteiger partial charge in [0.1, 0.15) is 5.82 Å². The third kappa shape index (κ3) is 3.77. The van der Waals surface area contributed by atoms with Crippen molar-refractivity contribution in [2.45, 2.75) is 38.1 Å². The zero-order chi connectivity index (χ0) is 15.7. The van der Waals surface area contributed by atoms with E-state index in [4.69, 9.17) is 0 Å². The van der Waals surface area contributed by atoms with Crippen LogP contribution in [-0.4, -0.2) is 39.5 Å². The van der Waals surface area contributed by atoms with E-state index in [9.17, 15) is 12.8 Å². The van der Waals surface area contributed by atoms with Gasteiger partial charge < -0.3 is 4.90 Å². The number of nitrogens with zero attached hydrogens (tertiary/aromatic N) is 1. The number of likely N-dealkylation sites (N-methyl/N-ethyl adjacent to an activating group) is 1. The molecule has 1 aromatic carbocycles. The van der Waals surface area contributed by atoms with Crippen molar-refractivity contribution >= 4 is 10.0 Å². The van der Waals surface area contributed by atoms with Gasteiger partial charge in [-0.2, -0.15) is 0 Å². The monoisotopic (exact) mass is 302 g/mol. The molecule has 0 fully saturated rings. The second-order valence-corrected chi connectivity index (χ2v) is 7.60. The largest absolute Gasteiger partial charge is 0.303 e. The van der Waals surface area contributed by atoms with Crippen LogP contribution >= 0.6 is 0 Å². The summed E-state index contributed by atoms with van der Waals surface area (Å²) >= 11 is 0. The number of aryl methyl sites for hydroxylation is 2. The molecule has 1 aromatic rings. The number of hydrogen-bond acceptors (Lipinski definition) is 3. The van der Waals surface area contributed by atoms with Crippen LogP contribution in [0.4, 0.5) is 4.39 Å². The van der Waals surface area contributed by atoms with Crippen LogP contribution in [0.15, 0.2) is 17.0 Å². The van der Waals surface area contributed by atoms with E-state index in [0.717, 1.165) is 0 Å². The van der Waals surface area contributed by atoms with Crippen molar-refractivity contribution < 1.29 is 12.8 Å². The molecule has 1 rings (SSSR count). The Morgan fingerprint density at radius 1 is 1.20 bits per heavy atom. The van der Waals surface area contributed by atoms with Gasteiger partial charge in [0.25, 0.3) is 0 Å². The molecular formula is C14H23FN2O2S. The Labute approximate surface area is 121 Å². The van der Waals surface area contributed by atoms with E-state index in [0.29, 0.717) is 11.1 Å². The maximum absolute atomic E-state index is 13.3. The third-order valence-electron chi connectivity index (χ3n) is 3.60. The van der Waals surface area contributed by atoms with E-state index in [-0.39, 0.29) is 17.0 Å². The highest BCUT2D eigenvalue weighted by Gasteiger charge is 2.26. The summed E-state index contributed by atoms with van der Waals surface area (Å²) in [6.07, 6.45) is 0. The Morgan fingerprint density at radius 3 is 2.05 bits per heavy atom. The first kappa shape index (κ1) is 17.1. The molecule has 0 aliphatic carbocycles. The van der Waals surface area contributed by atoms with E-state index in [1.807, 2.05) is 32.8 Å². The van der Waals surface area contributed by atoms with Gasteiger partial charge in [0.2, 0.25) is 10.0 Å². The predicted molar refractivity (Wildman–Crippen MR) is 78.8 cm³/mol. The fraction of sp³-hybridized carbons (Fsp3) is 0.571. The molecule has 20 heavy (non-hydrogen) atoms. The third-order valence-corrected chi connectivity index (χ3v) is 5.31. The van der Waals surface area contributed by atoms with Gasteiger partial charge in [-0.25, -0.2) is 17.5 Å². The lowest BCUT2D eigenvalue weighted by Gasteiger charge is -2.32. The summed E-state index contributed by atoms with van der Waals surface area (Å²) in [6, 6.07) is 2.47. The average Bonchev–Trinajstić information content (AvgIpc) is 2.24. The van der Waals surface area contributed by atoms with Crippen LogP contribution in [0.2, 0.25) is 0 Å². The average molecular weight is 302 g/mol. The van der Waals surface area contributed by atoms with Crippen LogP contribution in [-0.2, 0) is 10.0 Å².